The number of ether oxygens (including phenoxy) is 1. The quantitative estimate of drug-likeness (QED) is 0.851. The van der Waals surface area contributed by atoms with Gasteiger partial charge in [0.25, 0.3) is 0 Å². The number of aromatic nitrogens is 1. The monoisotopic (exact) mass is 344 g/mol. The number of rotatable bonds is 4. The van der Waals surface area contributed by atoms with Gasteiger partial charge in [0.2, 0.25) is 0 Å². The lowest BCUT2D eigenvalue weighted by Crippen LogP contribution is -2.42. The van der Waals surface area contributed by atoms with E-state index in [4.69, 9.17) is 5.73 Å². The molecule has 0 radical (unpaired) electrons. The number of hydrogen-bond donors (Lipinski definition) is 1. The molecule has 8 heteroatoms. The van der Waals surface area contributed by atoms with Crippen LogP contribution < -0.4 is 5.73 Å². The first-order valence-corrected chi connectivity index (χ1v) is 5.61. The van der Waals surface area contributed by atoms with E-state index in [2.05, 4.69) is 25.7 Å². The van der Waals surface area contributed by atoms with E-state index < -0.39 is 17.9 Å². The number of hydrogen-bond acceptors (Lipinski definition) is 4. The Morgan fingerprint density at radius 2 is 2.22 bits per heavy atom. The molecule has 0 unspecified atom stereocenters. The van der Waals surface area contributed by atoms with Crippen molar-refractivity contribution in [3.05, 3.63) is 28.5 Å². The molecule has 4 nitrogen and oxygen atoms in total. The van der Waals surface area contributed by atoms with Crippen molar-refractivity contribution in [2.75, 3.05) is 6.61 Å². The number of halogens is 4. The predicted octanol–water partition coefficient (Wildman–Crippen LogP) is 2.46. The third kappa shape index (κ3) is 3.86. The lowest BCUT2D eigenvalue weighted by Gasteiger charge is -2.20. The first-order chi connectivity index (χ1) is 7.89. The number of pyridine rings is 1. The molecule has 0 aromatic carbocycles. The Bertz CT molecular complexity index is 403. The molecule has 0 aliphatic carbocycles. The van der Waals surface area contributed by atoms with Crippen molar-refractivity contribution in [3.8, 4) is 0 Å². The molecule has 1 aromatic rings. The standard InChI is InChI=1S/C10H11BrF2N2O2.ClH/c1-2-17-9(16)10(12,13)8(14)7-4-3-6(11)5-15-7;/h3-5,8H,2,14H2,1H3;1H/t8-;/m0./s1. The zero-order valence-electron chi connectivity index (χ0n) is 9.40. The van der Waals surface area contributed by atoms with Crippen molar-refractivity contribution in [2.45, 2.75) is 18.9 Å². The summed E-state index contributed by atoms with van der Waals surface area (Å²) in [6.45, 7) is 1.31. The Morgan fingerprint density at radius 1 is 1.61 bits per heavy atom. The Balaban J connectivity index is 0.00000289. The molecular formula is C10H12BrClF2N2O2. The van der Waals surface area contributed by atoms with Crippen molar-refractivity contribution in [1.82, 2.24) is 4.98 Å². The molecule has 0 fully saturated rings. The highest BCUT2D eigenvalue weighted by Gasteiger charge is 2.48. The minimum Gasteiger partial charge on any atom is -0.462 e. The number of carbonyl (C=O) groups is 1. The first kappa shape index (κ1) is 17.2. The van der Waals surface area contributed by atoms with E-state index >= 15 is 0 Å². The third-order valence-electron chi connectivity index (χ3n) is 2.01. The maximum absolute atomic E-state index is 13.5. The van der Waals surface area contributed by atoms with Crippen molar-refractivity contribution >= 4 is 34.3 Å². The lowest BCUT2D eigenvalue weighted by atomic mass is 10.1. The van der Waals surface area contributed by atoms with Crippen molar-refractivity contribution in [1.29, 1.82) is 0 Å². The molecule has 1 heterocycles. The van der Waals surface area contributed by atoms with Crippen LogP contribution in [0.5, 0.6) is 0 Å². The summed E-state index contributed by atoms with van der Waals surface area (Å²) in [5, 5.41) is 0. The average Bonchev–Trinajstić information content (AvgIpc) is 2.29. The second-order valence-corrected chi connectivity index (χ2v) is 4.14. The van der Waals surface area contributed by atoms with Gasteiger partial charge in [-0.25, -0.2) is 4.79 Å². The Hall–Kier alpha value is -0.790. The van der Waals surface area contributed by atoms with Crippen LogP contribution in [-0.2, 0) is 9.53 Å². The van der Waals surface area contributed by atoms with E-state index in [-0.39, 0.29) is 24.7 Å². The van der Waals surface area contributed by atoms with Gasteiger partial charge >= 0.3 is 11.9 Å². The van der Waals surface area contributed by atoms with E-state index in [0.717, 1.165) is 0 Å². The summed E-state index contributed by atoms with van der Waals surface area (Å²) in [5.41, 5.74) is 5.25. The molecule has 102 valence electrons. The van der Waals surface area contributed by atoms with Gasteiger partial charge in [-0.3, -0.25) is 4.98 Å². The van der Waals surface area contributed by atoms with Crippen LogP contribution in [0.4, 0.5) is 8.78 Å². The smallest absolute Gasteiger partial charge is 0.379 e. The van der Waals surface area contributed by atoms with Crippen LogP contribution in [0.3, 0.4) is 0 Å². The molecule has 0 amide bonds. The Morgan fingerprint density at radius 3 is 2.67 bits per heavy atom. The second-order valence-electron chi connectivity index (χ2n) is 3.22. The molecule has 1 atom stereocenters. The number of alkyl halides is 2. The second kappa shape index (κ2) is 6.96. The molecule has 0 saturated heterocycles. The van der Waals surface area contributed by atoms with E-state index in [1.54, 1.807) is 0 Å². The first-order valence-electron chi connectivity index (χ1n) is 4.81. The summed E-state index contributed by atoms with van der Waals surface area (Å²) in [6.07, 6.45) is 1.33. The summed E-state index contributed by atoms with van der Waals surface area (Å²) in [5.74, 6) is -5.44. The van der Waals surface area contributed by atoms with Gasteiger partial charge in [-0.2, -0.15) is 8.78 Å². The van der Waals surface area contributed by atoms with Crippen LogP contribution >= 0.6 is 28.3 Å². The molecule has 0 spiro atoms. The minimum absolute atomic E-state index is 0. The van der Waals surface area contributed by atoms with Gasteiger partial charge in [-0.15, -0.1) is 12.4 Å². The van der Waals surface area contributed by atoms with Crippen LogP contribution in [-0.4, -0.2) is 23.5 Å². The highest BCUT2D eigenvalue weighted by molar-refractivity contribution is 9.10. The van der Waals surface area contributed by atoms with Crippen LogP contribution in [0.25, 0.3) is 0 Å². The maximum atomic E-state index is 13.5. The van der Waals surface area contributed by atoms with Gasteiger partial charge in [-0.1, -0.05) is 0 Å². The molecular weight excluding hydrogens is 333 g/mol. The molecule has 0 saturated carbocycles. The van der Waals surface area contributed by atoms with Crippen LogP contribution in [0.2, 0.25) is 0 Å². The molecule has 0 bridgehead atoms. The third-order valence-corrected chi connectivity index (χ3v) is 2.48. The summed E-state index contributed by atoms with van der Waals surface area (Å²) in [6, 6.07) is 1.01. The van der Waals surface area contributed by atoms with E-state index in [1.165, 1.54) is 25.3 Å². The predicted molar refractivity (Wildman–Crippen MR) is 67.7 cm³/mol. The fraction of sp³-hybridized carbons (Fsp3) is 0.400. The van der Waals surface area contributed by atoms with E-state index in [0.29, 0.717) is 4.47 Å². The van der Waals surface area contributed by atoms with Gasteiger partial charge in [-0.05, 0) is 35.0 Å². The van der Waals surface area contributed by atoms with Crippen molar-refractivity contribution < 1.29 is 18.3 Å². The maximum Gasteiger partial charge on any atom is 0.379 e. The molecule has 2 N–H and O–H groups in total. The van der Waals surface area contributed by atoms with Gasteiger partial charge in [0.05, 0.1) is 12.3 Å². The van der Waals surface area contributed by atoms with E-state index in [9.17, 15) is 13.6 Å². The molecule has 1 aromatic heterocycles. The van der Waals surface area contributed by atoms with E-state index in [1.807, 2.05) is 0 Å². The zero-order valence-corrected chi connectivity index (χ0v) is 11.8. The summed E-state index contributed by atoms with van der Waals surface area (Å²) >= 11 is 3.12. The molecule has 18 heavy (non-hydrogen) atoms. The Labute approximate surface area is 117 Å². The topological polar surface area (TPSA) is 65.2 Å². The van der Waals surface area contributed by atoms with Crippen molar-refractivity contribution in [2.24, 2.45) is 5.73 Å². The van der Waals surface area contributed by atoms with Crippen molar-refractivity contribution in [3.63, 3.8) is 0 Å². The van der Waals surface area contributed by atoms with Crippen LogP contribution in [0, 0.1) is 0 Å². The SMILES string of the molecule is CCOC(=O)C(F)(F)[C@@H](N)c1ccc(Br)cn1.Cl. The summed E-state index contributed by atoms with van der Waals surface area (Å²) in [7, 11) is 0. The lowest BCUT2D eigenvalue weighted by molar-refractivity contribution is -0.175. The summed E-state index contributed by atoms with van der Waals surface area (Å²) in [4.78, 5) is 14.8. The highest BCUT2D eigenvalue weighted by Crippen LogP contribution is 2.29. The van der Waals surface area contributed by atoms with Crippen LogP contribution in [0.1, 0.15) is 18.7 Å². The number of carbonyl (C=O) groups excluding carboxylic acids is 1. The van der Waals surface area contributed by atoms with Gasteiger partial charge < -0.3 is 10.5 Å². The minimum atomic E-state index is -3.79. The number of nitrogens with zero attached hydrogens (tertiary/aromatic N) is 1. The van der Waals surface area contributed by atoms with Gasteiger partial charge in [0, 0.05) is 10.7 Å². The highest BCUT2D eigenvalue weighted by atomic mass is 79.9. The summed E-state index contributed by atoms with van der Waals surface area (Å²) < 4.78 is 32.0. The van der Waals surface area contributed by atoms with Gasteiger partial charge in [0.15, 0.2) is 0 Å². The molecule has 0 aliphatic heterocycles. The van der Waals surface area contributed by atoms with Gasteiger partial charge in [0.1, 0.15) is 6.04 Å². The number of esters is 1. The molecule has 1 rings (SSSR count). The fourth-order valence-corrected chi connectivity index (χ4v) is 1.35. The van der Waals surface area contributed by atoms with Crippen LogP contribution in [0.15, 0.2) is 22.8 Å². The normalized spacial score (nSPS) is 12.5. The number of nitrogens with two attached hydrogens (primary N) is 1. The Kier molecular flexibility index (Phi) is 6.66. The molecule has 0 aliphatic rings. The fourth-order valence-electron chi connectivity index (χ4n) is 1.11. The average molecular weight is 346 g/mol. The largest absolute Gasteiger partial charge is 0.462 e. The zero-order chi connectivity index (χ0) is 13.1.